The molecule has 2 aromatic heterocycles. The Bertz CT molecular complexity index is 1450. The van der Waals surface area contributed by atoms with E-state index in [1.165, 1.54) is 0 Å². The lowest BCUT2D eigenvalue weighted by atomic mass is 10.0. The van der Waals surface area contributed by atoms with Crippen molar-refractivity contribution in [3.8, 4) is 5.75 Å². The summed E-state index contributed by atoms with van der Waals surface area (Å²) in [5, 5.41) is 13.8. The van der Waals surface area contributed by atoms with E-state index in [0.29, 0.717) is 17.9 Å². The van der Waals surface area contributed by atoms with Gasteiger partial charge in [-0.25, -0.2) is 4.68 Å². The number of fused-ring (bicyclic) bond motifs is 1. The number of methoxy groups -OCH3 is 1. The van der Waals surface area contributed by atoms with E-state index in [4.69, 9.17) is 9.47 Å². The molecule has 0 aliphatic carbocycles. The first-order valence-electron chi connectivity index (χ1n) is 13.2. The summed E-state index contributed by atoms with van der Waals surface area (Å²) in [7, 11) is 1.68. The van der Waals surface area contributed by atoms with Crippen molar-refractivity contribution in [2.45, 2.75) is 38.5 Å². The van der Waals surface area contributed by atoms with Crippen molar-refractivity contribution >= 4 is 16.6 Å². The molecule has 0 spiro atoms. The predicted molar refractivity (Wildman–Crippen MR) is 145 cm³/mol. The SMILES string of the molecule is COc1ccc(N2CCN([C@H](c3cc4cccc(C)c4[nH]c3=O)c3nnnn3C[C@H]3CCCO3)CC2)cc1. The molecule has 10 heteroatoms. The van der Waals surface area contributed by atoms with Crippen molar-refractivity contribution in [3.63, 3.8) is 0 Å². The van der Waals surface area contributed by atoms with E-state index in [1.807, 2.05) is 48.0 Å². The molecule has 4 heterocycles. The number of benzene rings is 2. The summed E-state index contributed by atoms with van der Waals surface area (Å²) >= 11 is 0. The molecule has 0 radical (unpaired) electrons. The van der Waals surface area contributed by atoms with Gasteiger partial charge in [0.2, 0.25) is 0 Å². The standard InChI is InChI=1S/C28H33N7O3/c1-19-5-3-6-20-17-24(28(36)29-25(19)20)26(27-30-31-32-35(27)18-23-7-4-16-38-23)34-14-12-33(13-15-34)21-8-10-22(37-2)11-9-21/h3,5-6,8-11,17,23,26H,4,7,12-16,18H2,1-2H3,(H,29,36)/t23-,26-/m1/s1. The third-order valence-corrected chi connectivity index (χ3v) is 7.73. The second-order valence-electron chi connectivity index (χ2n) is 10.1. The van der Waals surface area contributed by atoms with Crippen molar-refractivity contribution in [3.05, 3.63) is 75.8 Å². The van der Waals surface area contributed by atoms with Gasteiger partial charge in [-0.1, -0.05) is 18.2 Å². The van der Waals surface area contributed by atoms with Crippen LogP contribution in [0.3, 0.4) is 0 Å². The fourth-order valence-electron chi connectivity index (χ4n) is 5.65. The van der Waals surface area contributed by atoms with Crippen LogP contribution in [-0.2, 0) is 11.3 Å². The number of H-pyrrole nitrogens is 1. The second-order valence-corrected chi connectivity index (χ2v) is 10.1. The highest BCUT2D eigenvalue weighted by Crippen LogP contribution is 2.30. The molecule has 0 bridgehead atoms. The van der Waals surface area contributed by atoms with Crippen molar-refractivity contribution in [2.24, 2.45) is 0 Å². The van der Waals surface area contributed by atoms with Crippen LogP contribution in [0.2, 0.25) is 0 Å². The molecule has 10 nitrogen and oxygen atoms in total. The number of aromatic nitrogens is 5. The van der Waals surface area contributed by atoms with E-state index in [-0.39, 0.29) is 17.7 Å². The van der Waals surface area contributed by atoms with Crippen molar-refractivity contribution in [1.29, 1.82) is 0 Å². The lowest BCUT2D eigenvalue weighted by Crippen LogP contribution is -2.49. The Morgan fingerprint density at radius 1 is 1.13 bits per heavy atom. The van der Waals surface area contributed by atoms with Crippen LogP contribution in [-0.4, -0.2) is 76.1 Å². The first-order valence-corrected chi connectivity index (χ1v) is 13.2. The highest BCUT2D eigenvalue weighted by molar-refractivity contribution is 5.82. The van der Waals surface area contributed by atoms with Crippen LogP contribution in [0.25, 0.3) is 10.9 Å². The van der Waals surface area contributed by atoms with Crippen molar-refractivity contribution in [2.75, 3.05) is 44.8 Å². The van der Waals surface area contributed by atoms with E-state index in [0.717, 1.165) is 73.5 Å². The van der Waals surface area contributed by atoms with Crippen molar-refractivity contribution < 1.29 is 9.47 Å². The lowest BCUT2D eigenvalue weighted by Gasteiger charge is -2.39. The average Bonchev–Trinajstić information content (AvgIpc) is 3.63. The highest BCUT2D eigenvalue weighted by Gasteiger charge is 2.33. The van der Waals surface area contributed by atoms with Gasteiger partial charge in [0.05, 0.1) is 25.3 Å². The van der Waals surface area contributed by atoms with Crippen LogP contribution in [0, 0.1) is 6.92 Å². The Balaban J connectivity index is 1.34. The number of ether oxygens (including phenoxy) is 2. The molecule has 2 aromatic carbocycles. The van der Waals surface area contributed by atoms with Gasteiger partial charge in [-0.15, -0.1) is 5.10 Å². The third-order valence-electron chi connectivity index (χ3n) is 7.73. The minimum atomic E-state index is -0.377. The van der Waals surface area contributed by atoms with E-state index in [9.17, 15) is 4.79 Å². The molecule has 2 atom stereocenters. The van der Waals surface area contributed by atoms with Crippen molar-refractivity contribution in [1.82, 2.24) is 30.1 Å². The third kappa shape index (κ3) is 4.77. The summed E-state index contributed by atoms with van der Waals surface area (Å²) in [6.07, 6.45) is 2.12. The molecule has 1 N–H and O–H groups in total. The van der Waals surface area contributed by atoms with Gasteiger partial charge in [0.25, 0.3) is 5.56 Å². The lowest BCUT2D eigenvalue weighted by molar-refractivity contribution is 0.0906. The van der Waals surface area contributed by atoms with Gasteiger partial charge in [-0.2, -0.15) is 0 Å². The van der Waals surface area contributed by atoms with E-state index < -0.39 is 0 Å². The zero-order valence-electron chi connectivity index (χ0n) is 21.8. The fraction of sp³-hybridized carbons (Fsp3) is 0.429. The Hall–Kier alpha value is -3.76. The second kappa shape index (κ2) is 10.5. The Labute approximate surface area is 221 Å². The summed E-state index contributed by atoms with van der Waals surface area (Å²) in [6.45, 7) is 6.51. The average molecular weight is 516 g/mol. The van der Waals surface area contributed by atoms with Crippen LogP contribution >= 0.6 is 0 Å². The van der Waals surface area contributed by atoms with Gasteiger partial charge < -0.3 is 19.4 Å². The number of nitrogens with zero attached hydrogens (tertiary/aromatic N) is 6. The highest BCUT2D eigenvalue weighted by atomic mass is 16.5. The van der Waals surface area contributed by atoms with Gasteiger partial charge in [-0.3, -0.25) is 9.69 Å². The monoisotopic (exact) mass is 515 g/mol. The fourth-order valence-corrected chi connectivity index (χ4v) is 5.65. The summed E-state index contributed by atoms with van der Waals surface area (Å²) in [6, 6.07) is 15.8. The van der Waals surface area contributed by atoms with Gasteiger partial charge in [0.1, 0.15) is 11.8 Å². The molecule has 6 rings (SSSR count). The van der Waals surface area contributed by atoms with Crippen LogP contribution in [0.4, 0.5) is 5.69 Å². The first-order chi connectivity index (χ1) is 18.6. The Morgan fingerprint density at radius 3 is 2.68 bits per heavy atom. The maximum atomic E-state index is 13.6. The quantitative estimate of drug-likeness (QED) is 0.401. The molecule has 4 aromatic rings. The molecule has 0 saturated carbocycles. The minimum Gasteiger partial charge on any atom is -0.497 e. The number of nitrogens with one attached hydrogen (secondary N) is 1. The molecule has 2 saturated heterocycles. The first kappa shape index (κ1) is 24.6. The number of tetrazole rings is 1. The van der Waals surface area contributed by atoms with Gasteiger partial charge in [0.15, 0.2) is 5.82 Å². The summed E-state index contributed by atoms with van der Waals surface area (Å²) in [5.74, 6) is 1.52. The topological polar surface area (TPSA) is 101 Å². The van der Waals surface area contributed by atoms with Gasteiger partial charge in [0, 0.05) is 44.0 Å². The normalized spacial score (nSPS) is 19.2. The molecular formula is C28H33N7O3. The molecule has 0 unspecified atom stereocenters. The number of aromatic amines is 1. The number of anilines is 1. The number of piperazine rings is 1. The predicted octanol–water partition coefficient (Wildman–Crippen LogP) is 2.92. The maximum absolute atomic E-state index is 13.6. The summed E-state index contributed by atoms with van der Waals surface area (Å²) < 4.78 is 13.0. The van der Waals surface area contributed by atoms with Gasteiger partial charge >= 0.3 is 0 Å². The number of hydrogen-bond donors (Lipinski definition) is 1. The molecule has 0 amide bonds. The molecule has 38 heavy (non-hydrogen) atoms. The summed E-state index contributed by atoms with van der Waals surface area (Å²) in [5.41, 5.74) is 3.61. The molecule has 2 aliphatic rings. The number of hydrogen-bond acceptors (Lipinski definition) is 8. The smallest absolute Gasteiger partial charge is 0.253 e. The van der Waals surface area contributed by atoms with E-state index in [2.05, 4.69) is 42.4 Å². The van der Waals surface area contributed by atoms with Crippen LogP contribution in [0.1, 0.15) is 35.8 Å². The van der Waals surface area contributed by atoms with Crippen LogP contribution in [0.5, 0.6) is 5.75 Å². The van der Waals surface area contributed by atoms with E-state index in [1.54, 1.807) is 7.11 Å². The van der Waals surface area contributed by atoms with Crippen LogP contribution in [0.15, 0.2) is 53.3 Å². The van der Waals surface area contributed by atoms with E-state index >= 15 is 0 Å². The number of rotatable bonds is 7. The van der Waals surface area contributed by atoms with Crippen LogP contribution < -0.4 is 15.2 Å². The Morgan fingerprint density at radius 2 is 1.95 bits per heavy atom. The summed E-state index contributed by atoms with van der Waals surface area (Å²) in [4.78, 5) is 21.4. The van der Waals surface area contributed by atoms with Gasteiger partial charge in [-0.05, 0) is 71.5 Å². The molecule has 198 valence electrons. The largest absolute Gasteiger partial charge is 0.497 e. The number of pyridine rings is 1. The molecule has 2 aliphatic heterocycles. The number of para-hydroxylation sites is 1. The maximum Gasteiger partial charge on any atom is 0.253 e. The zero-order valence-corrected chi connectivity index (χ0v) is 21.8. The molecule has 2 fully saturated rings. The molecular weight excluding hydrogens is 482 g/mol. The Kier molecular flexibility index (Phi) is 6.82. The zero-order chi connectivity index (χ0) is 26.1. The number of aryl methyl sites for hydroxylation is 1. The minimum absolute atomic E-state index is 0.0855.